The van der Waals surface area contributed by atoms with Crippen LogP contribution in [-0.2, 0) is 19.0 Å². The number of rotatable bonds is 4. The van der Waals surface area contributed by atoms with Crippen molar-refractivity contribution in [2.45, 2.75) is 67.8 Å². The summed E-state index contributed by atoms with van der Waals surface area (Å²) in [6, 6.07) is 0. The Kier molecular flexibility index (Phi) is 6.26. The molecule has 10 heteroatoms. The smallest absolute Gasteiger partial charge is 0.340 e. The predicted octanol–water partition coefficient (Wildman–Crippen LogP) is -0.775. The first-order valence-corrected chi connectivity index (χ1v) is 11.0. The van der Waals surface area contributed by atoms with Crippen LogP contribution in [0.3, 0.4) is 0 Å². The number of hydrogen-bond acceptors (Lipinski definition) is 9. The molecule has 2 heterocycles. The van der Waals surface area contributed by atoms with Crippen molar-refractivity contribution in [2.75, 3.05) is 12.5 Å². The van der Waals surface area contributed by atoms with Crippen molar-refractivity contribution < 1.29 is 44.5 Å². The Hall–Kier alpha value is -1.04. The van der Waals surface area contributed by atoms with Gasteiger partial charge in [0.2, 0.25) is 0 Å². The number of ether oxygens (including phenoxy) is 3. The number of carbonyl (C=O) groups excluding carboxylic acids is 1. The minimum absolute atomic E-state index is 0.122. The Balaban J connectivity index is 1.56. The van der Waals surface area contributed by atoms with Crippen LogP contribution >= 0.6 is 11.6 Å². The largest absolute Gasteiger partial charge is 0.459 e. The summed E-state index contributed by atoms with van der Waals surface area (Å²) in [6.45, 7) is 7.76. The second kappa shape index (κ2) is 8.39. The van der Waals surface area contributed by atoms with Crippen LogP contribution in [0.4, 0.5) is 0 Å². The van der Waals surface area contributed by atoms with E-state index in [1.54, 1.807) is 0 Å². The van der Waals surface area contributed by atoms with Crippen LogP contribution in [0.2, 0.25) is 0 Å². The van der Waals surface area contributed by atoms with Crippen LogP contribution in [-0.4, -0.2) is 92.5 Å². The molecule has 5 N–H and O–H groups in total. The number of aliphatic hydroxyl groups excluding tert-OH is 4. The molecule has 31 heavy (non-hydrogen) atoms. The fourth-order valence-electron chi connectivity index (χ4n) is 5.48. The van der Waals surface area contributed by atoms with E-state index in [9.17, 15) is 30.3 Å². The topological polar surface area (TPSA) is 146 Å². The van der Waals surface area contributed by atoms with Crippen molar-refractivity contribution in [3.8, 4) is 0 Å². The molecule has 9 nitrogen and oxygen atoms in total. The van der Waals surface area contributed by atoms with Crippen molar-refractivity contribution in [2.24, 2.45) is 17.8 Å². The highest BCUT2D eigenvalue weighted by Crippen LogP contribution is 2.54. The zero-order valence-corrected chi connectivity index (χ0v) is 17.7. The Bertz CT molecular complexity index is 757. The lowest BCUT2D eigenvalue weighted by Crippen LogP contribution is -2.59. The van der Waals surface area contributed by atoms with E-state index < -0.39 is 67.0 Å². The fraction of sp³-hybridized carbons (Fsp3) is 0.762. The molecule has 2 saturated heterocycles. The van der Waals surface area contributed by atoms with Gasteiger partial charge in [0, 0.05) is 11.8 Å². The van der Waals surface area contributed by atoms with E-state index in [4.69, 9.17) is 25.8 Å². The van der Waals surface area contributed by atoms with E-state index in [1.165, 1.54) is 0 Å². The Morgan fingerprint density at radius 1 is 1.19 bits per heavy atom. The van der Waals surface area contributed by atoms with Crippen molar-refractivity contribution in [1.82, 2.24) is 0 Å². The molecule has 4 aliphatic rings. The molecule has 174 valence electrons. The van der Waals surface area contributed by atoms with Gasteiger partial charge in [-0.3, -0.25) is 0 Å². The maximum atomic E-state index is 12.4. The molecule has 0 aromatic heterocycles. The Morgan fingerprint density at radius 3 is 2.55 bits per heavy atom. The zero-order chi connectivity index (χ0) is 22.7. The van der Waals surface area contributed by atoms with Gasteiger partial charge in [-0.1, -0.05) is 18.7 Å². The minimum Gasteiger partial charge on any atom is -0.459 e. The molecule has 4 fully saturated rings. The molecular weight excluding hydrogens is 432 g/mol. The molecule has 2 saturated carbocycles. The average molecular weight is 461 g/mol. The molecule has 0 bridgehead atoms. The van der Waals surface area contributed by atoms with Gasteiger partial charge in [0.25, 0.3) is 0 Å². The molecule has 0 radical (unpaired) electrons. The van der Waals surface area contributed by atoms with Crippen LogP contribution in [0, 0.1) is 17.8 Å². The fourth-order valence-corrected chi connectivity index (χ4v) is 5.79. The van der Waals surface area contributed by atoms with Crippen molar-refractivity contribution in [1.29, 1.82) is 0 Å². The maximum absolute atomic E-state index is 12.4. The molecule has 2 aliphatic carbocycles. The SMILES string of the molecule is C=C1[C@@H]2[C@H]3OC(=O)[C@](O)(CCl)[C@@H]3CCC(=C)[C@@H]2C[C@@H]1O[C@@H]1O[C@H](CO)[C@@H](O)[C@H](O)[C@@H]1O. The average Bonchev–Trinajstić information content (AvgIpc) is 3.15. The zero-order valence-electron chi connectivity index (χ0n) is 17.0. The minimum atomic E-state index is -1.77. The lowest BCUT2D eigenvalue weighted by Gasteiger charge is -2.40. The number of alkyl halides is 1. The summed E-state index contributed by atoms with van der Waals surface area (Å²) in [5.74, 6) is -1.99. The third kappa shape index (κ3) is 3.55. The first-order valence-electron chi connectivity index (χ1n) is 10.5. The molecular formula is C21H29ClO9. The van der Waals surface area contributed by atoms with Gasteiger partial charge in [0.1, 0.15) is 30.5 Å². The number of fused-ring (bicyclic) bond motifs is 3. The summed E-state index contributed by atoms with van der Waals surface area (Å²) >= 11 is 5.93. The van der Waals surface area contributed by atoms with Crippen molar-refractivity contribution in [3.05, 3.63) is 24.3 Å². The van der Waals surface area contributed by atoms with Gasteiger partial charge in [0.15, 0.2) is 11.9 Å². The molecule has 0 aromatic carbocycles. The standard InChI is InChI=1S/C21H29ClO9/c1-8-3-4-11-18(31-20(27)21(11,28)7-22)14-9(2)12(5-10(8)14)29-19-17(26)16(25)15(24)13(6-23)30-19/h10-19,23-26,28H,1-7H2/t10-,11+,12-,13+,14-,15+,16-,17-,18-,19+,21-/m0/s1. The van der Waals surface area contributed by atoms with Gasteiger partial charge in [-0.2, -0.15) is 0 Å². The second-order valence-electron chi connectivity index (χ2n) is 9.00. The van der Waals surface area contributed by atoms with Crippen LogP contribution in [0.5, 0.6) is 0 Å². The van der Waals surface area contributed by atoms with Crippen LogP contribution < -0.4 is 0 Å². The highest BCUT2D eigenvalue weighted by Gasteiger charge is 2.62. The molecule has 2 aliphatic heterocycles. The van der Waals surface area contributed by atoms with Gasteiger partial charge in [-0.25, -0.2) is 4.79 Å². The number of allylic oxidation sites excluding steroid dienone is 1. The molecule has 4 rings (SSSR count). The van der Waals surface area contributed by atoms with E-state index in [0.29, 0.717) is 24.8 Å². The third-order valence-corrected chi connectivity index (χ3v) is 7.76. The van der Waals surface area contributed by atoms with Gasteiger partial charge in [0.05, 0.1) is 18.6 Å². The highest BCUT2D eigenvalue weighted by molar-refractivity contribution is 6.20. The molecule has 11 atom stereocenters. The lowest BCUT2D eigenvalue weighted by molar-refractivity contribution is -0.308. The van der Waals surface area contributed by atoms with Crippen molar-refractivity contribution in [3.63, 3.8) is 0 Å². The summed E-state index contributed by atoms with van der Waals surface area (Å²) in [7, 11) is 0. The Morgan fingerprint density at radius 2 is 1.90 bits per heavy atom. The normalized spacial score (nSPS) is 50.1. The van der Waals surface area contributed by atoms with E-state index in [0.717, 1.165) is 5.57 Å². The van der Waals surface area contributed by atoms with E-state index in [1.807, 2.05) is 0 Å². The quantitative estimate of drug-likeness (QED) is 0.207. The Labute approximate surface area is 184 Å². The van der Waals surface area contributed by atoms with Gasteiger partial charge in [-0.15, -0.1) is 11.6 Å². The van der Waals surface area contributed by atoms with Gasteiger partial charge in [-0.05, 0) is 30.8 Å². The number of aliphatic hydroxyl groups is 5. The summed E-state index contributed by atoms with van der Waals surface area (Å²) < 4.78 is 17.0. The first kappa shape index (κ1) is 23.1. The van der Waals surface area contributed by atoms with Gasteiger partial charge >= 0.3 is 5.97 Å². The molecule has 0 spiro atoms. The van der Waals surface area contributed by atoms with Crippen LogP contribution in [0.15, 0.2) is 24.3 Å². The summed E-state index contributed by atoms with van der Waals surface area (Å²) in [4.78, 5) is 12.4. The number of carbonyl (C=O) groups is 1. The van der Waals surface area contributed by atoms with E-state index >= 15 is 0 Å². The monoisotopic (exact) mass is 460 g/mol. The predicted molar refractivity (Wildman–Crippen MR) is 107 cm³/mol. The summed E-state index contributed by atoms with van der Waals surface area (Å²) in [5.41, 5.74) is -0.238. The van der Waals surface area contributed by atoms with E-state index in [2.05, 4.69) is 13.2 Å². The number of halogens is 1. The maximum Gasteiger partial charge on any atom is 0.340 e. The summed E-state index contributed by atoms with van der Waals surface area (Å²) in [5, 5.41) is 50.5. The van der Waals surface area contributed by atoms with Crippen molar-refractivity contribution >= 4 is 17.6 Å². The molecule has 0 aromatic rings. The lowest BCUT2D eigenvalue weighted by atomic mass is 9.78. The summed E-state index contributed by atoms with van der Waals surface area (Å²) in [6.07, 6.45) is -6.65. The van der Waals surface area contributed by atoms with Crippen LogP contribution in [0.25, 0.3) is 0 Å². The molecule has 0 unspecified atom stereocenters. The van der Waals surface area contributed by atoms with Gasteiger partial charge < -0.3 is 39.7 Å². The van der Waals surface area contributed by atoms with E-state index in [-0.39, 0.29) is 17.7 Å². The molecule has 0 amide bonds. The first-order chi connectivity index (χ1) is 14.6. The van der Waals surface area contributed by atoms with Crippen LogP contribution in [0.1, 0.15) is 19.3 Å². The number of esters is 1. The third-order valence-electron chi connectivity index (χ3n) is 7.36. The highest BCUT2D eigenvalue weighted by atomic mass is 35.5. The number of hydrogen-bond donors (Lipinski definition) is 5. The second-order valence-corrected chi connectivity index (χ2v) is 9.26.